The SMILES string of the molecule is CCOC(=O)CS(=O)(=O)Nc1ccc(C(N)=S)cc1OC. The molecule has 0 saturated heterocycles. The Morgan fingerprint density at radius 1 is 1.43 bits per heavy atom. The molecule has 0 unspecified atom stereocenters. The van der Waals surface area contributed by atoms with Gasteiger partial charge in [-0.25, -0.2) is 8.42 Å². The molecule has 0 atom stereocenters. The first kappa shape index (κ1) is 17.2. The quantitative estimate of drug-likeness (QED) is 0.557. The summed E-state index contributed by atoms with van der Waals surface area (Å²) in [5.41, 5.74) is 6.21. The molecular formula is C12H16N2O5S2. The van der Waals surface area contributed by atoms with Crippen LogP contribution in [0.4, 0.5) is 5.69 Å². The van der Waals surface area contributed by atoms with E-state index in [1.54, 1.807) is 13.0 Å². The van der Waals surface area contributed by atoms with Crippen LogP contribution in [-0.4, -0.2) is 38.8 Å². The molecular weight excluding hydrogens is 316 g/mol. The maximum atomic E-state index is 11.9. The van der Waals surface area contributed by atoms with E-state index in [1.807, 2.05) is 0 Å². The molecule has 0 bridgehead atoms. The van der Waals surface area contributed by atoms with Crippen molar-refractivity contribution in [2.75, 3.05) is 24.2 Å². The topological polar surface area (TPSA) is 108 Å². The number of sulfonamides is 1. The summed E-state index contributed by atoms with van der Waals surface area (Å²) in [5, 5.41) is 0. The van der Waals surface area contributed by atoms with Crippen LogP contribution in [-0.2, 0) is 19.6 Å². The molecule has 0 radical (unpaired) electrons. The molecule has 0 aliphatic heterocycles. The van der Waals surface area contributed by atoms with E-state index in [1.165, 1.54) is 19.2 Å². The normalized spacial score (nSPS) is 10.8. The molecule has 0 aromatic heterocycles. The van der Waals surface area contributed by atoms with Gasteiger partial charge in [0.15, 0.2) is 5.75 Å². The predicted molar refractivity (Wildman–Crippen MR) is 82.9 cm³/mol. The number of rotatable bonds is 7. The van der Waals surface area contributed by atoms with Gasteiger partial charge in [-0.1, -0.05) is 12.2 Å². The summed E-state index contributed by atoms with van der Waals surface area (Å²) >= 11 is 4.83. The number of carbonyl (C=O) groups is 1. The van der Waals surface area contributed by atoms with Crippen LogP contribution >= 0.6 is 12.2 Å². The standard InChI is InChI=1S/C12H16N2O5S2/c1-3-19-11(15)7-21(16,17)14-9-5-4-8(12(13)20)6-10(9)18-2/h4-6,14H,3,7H2,1-2H3,(H2,13,20). The lowest BCUT2D eigenvalue weighted by molar-refractivity contribution is -0.139. The Morgan fingerprint density at radius 3 is 2.62 bits per heavy atom. The van der Waals surface area contributed by atoms with Crippen LogP contribution in [0.2, 0.25) is 0 Å². The zero-order valence-corrected chi connectivity index (χ0v) is 13.2. The Morgan fingerprint density at radius 2 is 2.10 bits per heavy atom. The fraction of sp³-hybridized carbons (Fsp3) is 0.333. The van der Waals surface area contributed by atoms with Crippen molar-refractivity contribution < 1.29 is 22.7 Å². The molecule has 0 fully saturated rings. The molecule has 3 N–H and O–H groups in total. The average molecular weight is 332 g/mol. The van der Waals surface area contributed by atoms with Crippen LogP contribution in [0.25, 0.3) is 0 Å². The number of methoxy groups -OCH3 is 1. The largest absolute Gasteiger partial charge is 0.495 e. The van der Waals surface area contributed by atoms with Gasteiger partial charge in [-0.05, 0) is 25.1 Å². The zero-order chi connectivity index (χ0) is 16.0. The molecule has 0 aliphatic rings. The van der Waals surface area contributed by atoms with E-state index in [0.717, 1.165) is 0 Å². The molecule has 1 rings (SSSR count). The number of hydrogen-bond donors (Lipinski definition) is 2. The number of esters is 1. The van der Waals surface area contributed by atoms with Crippen molar-refractivity contribution in [2.24, 2.45) is 5.73 Å². The van der Waals surface area contributed by atoms with Gasteiger partial charge >= 0.3 is 5.97 Å². The first-order valence-electron chi connectivity index (χ1n) is 5.93. The zero-order valence-electron chi connectivity index (χ0n) is 11.6. The van der Waals surface area contributed by atoms with Crippen molar-refractivity contribution >= 4 is 38.9 Å². The highest BCUT2D eigenvalue weighted by Gasteiger charge is 2.19. The molecule has 0 amide bonds. The molecule has 1 aromatic rings. The van der Waals surface area contributed by atoms with Gasteiger partial charge < -0.3 is 15.2 Å². The van der Waals surface area contributed by atoms with Gasteiger partial charge in [0.2, 0.25) is 10.0 Å². The molecule has 21 heavy (non-hydrogen) atoms. The van der Waals surface area contributed by atoms with Crippen LogP contribution in [0.3, 0.4) is 0 Å². The Labute approximate surface area is 128 Å². The monoisotopic (exact) mass is 332 g/mol. The lowest BCUT2D eigenvalue weighted by Gasteiger charge is -2.12. The van der Waals surface area contributed by atoms with Gasteiger partial charge in [0.25, 0.3) is 0 Å². The maximum absolute atomic E-state index is 11.9. The minimum atomic E-state index is -3.89. The number of ether oxygens (including phenoxy) is 2. The molecule has 1 aromatic carbocycles. The van der Waals surface area contributed by atoms with E-state index in [4.69, 9.17) is 22.7 Å². The fourth-order valence-corrected chi connectivity index (χ4v) is 2.59. The van der Waals surface area contributed by atoms with Gasteiger partial charge in [0, 0.05) is 5.56 Å². The smallest absolute Gasteiger partial charge is 0.323 e. The van der Waals surface area contributed by atoms with Crippen molar-refractivity contribution in [3.8, 4) is 5.75 Å². The summed E-state index contributed by atoms with van der Waals surface area (Å²) in [7, 11) is -2.51. The van der Waals surface area contributed by atoms with Gasteiger partial charge in [-0.2, -0.15) is 0 Å². The van der Waals surface area contributed by atoms with Crippen molar-refractivity contribution in [1.29, 1.82) is 0 Å². The highest BCUT2D eigenvalue weighted by molar-refractivity contribution is 7.93. The first-order chi connectivity index (χ1) is 9.79. The summed E-state index contributed by atoms with van der Waals surface area (Å²) in [4.78, 5) is 11.4. The molecule has 0 saturated carbocycles. The summed E-state index contributed by atoms with van der Waals surface area (Å²) < 4.78 is 35.6. The third-order valence-electron chi connectivity index (χ3n) is 2.36. The van der Waals surface area contributed by atoms with E-state index in [0.29, 0.717) is 5.56 Å². The van der Waals surface area contributed by atoms with Crippen molar-refractivity contribution in [3.05, 3.63) is 23.8 Å². The predicted octanol–water partition coefficient (Wildman–Crippen LogP) is 0.634. The van der Waals surface area contributed by atoms with Crippen LogP contribution in [0.1, 0.15) is 12.5 Å². The highest BCUT2D eigenvalue weighted by atomic mass is 32.2. The number of thiocarbonyl (C=S) groups is 1. The van der Waals surface area contributed by atoms with Crippen LogP contribution in [0, 0.1) is 0 Å². The third-order valence-corrected chi connectivity index (χ3v) is 3.75. The van der Waals surface area contributed by atoms with Crippen LogP contribution in [0.15, 0.2) is 18.2 Å². The number of carbonyl (C=O) groups excluding carboxylic acids is 1. The molecule has 9 heteroatoms. The van der Waals surface area contributed by atoms with Crippen molar-refractivity contribution in [2.45, 2.75) is 6.92 Å². The second-order valence-electron chi connectivity index (χ2n) is 3.95. The van der Waals surface area contributed by atoms with Crippen LogP contribution in [0.5, 0.6) is 5.75 Å². The van der Waals surface area contributed by atoms with Gasteiger partial charge in [0.1, 0.15) is 10.7 Å². The number of benzene rings is 1. The van der Waals surface area contributed by atoms with Crippen molar-refractivity contribution in [1.82, 2.24) is 0 Å². The second-order valence-corrected chi connectivity index (χ2v) is 6.11. The molecule has 0 spiro atoms. The van der Waals surface area contributed by atoms with Gasteiger partial charge in [0.05, 0.1) is 19.4 Å². The van der Waals surface area contributed by atoms with E-state index >= 15 is 0 Å². The lowest BCUT2D eigenvalue weighted by atomic mass is 10.2. The Bertz CT molecular complexity index is 643. The number of hydrogen-bond acceptors (Lipinski definition) is 6. The number of nitrogens with one attached hydrogen (secondary N) is 1. The Hall–Kier alpha value is -1.87. The fourth-order valence-electron chi connectivity index (χ4n) is 1.49. The van der Waals surface area contributed by atoms with Gasteiger partial charge in [-0.15, -0.1) is 0 Å². The minimum Gasteiger partial charge on any atom is -0.495 e. The lowest BCUT2D eigenvalue weighted by Crippen LogP contribution is -2.24. The third kappa shape index (κ3) is 5.20. The average Bonchev–Trinajstić information content (AvgIpc) is 2.37. The first-order valence-corrected chi connectivity index (χ1v) is 7.99. The maximum Gasteiger partial charge on any atom is 0.323 e. The summed E-state index contributed by atoms with van der Waals surface area (Å²) in [5.74, 6) is -1.36. The number of nitrogens with two attached hydrogens (primary N) is 1. The van der Waals surface area contributed by atoms with Crippen molar-refractivity contribution in [3.63, 3.8) is 0 Å². The summed E-state index contributed by atoms with van der Waals surface area (Å²) in [6.45, 7) is 1.70. The summed E-state index contributed by atoms with van der Waals surface area (Å²) in [6.07, 6.45) is 0. The van der Waals surface area contributed by atoms with E-state index < -0.39 is 21.7 Å². The second kappa shape index (κ2) is 7.23. The molecule has 0 aliphatic carbocycles. The van der Waals surface area contributed by atoms with Gasteiger partial charge in [-0.3, -0.25) is 9.52 Å². The highest BCUT2D eigenvalue weighted by Crippen LogP contribution is 2.26. The van der Waals surface area contributed by atoms with E-state index in [2.05, 4.69) is 9.46 Å². The van der Waals surface area contributed by atoms with E-state index in [9.17, 15) is 13.2 Å². The number of anilines is 1. The molecule has 116 valence electrons. The Kier molecular flexibility index (Phi) is 5.91. The Balaban J connectivity index is 2.96. The van der Waals surface area contributed by atoms with Crippen LogP contribution < -0.4 is 15.2 Å². The summed E-state index contributed by atoms with van der Waals surface area (Å²) in [6, 6.07) is 4.51. The molecule has 0 heterocycles. The van der Waals surface area contributed by atoms with E-state index in [-0.39, 0.29) is 23.0 Å². The molecule has 7 nitrogen and oxygen atoms in total. The minimum absolute atomic E-state index is 0.111.